The minimum absolute atomic E-state index is 0.625. The number of aromatic nitrogens is 2. The summed E-state index contributed by atoms with van der Waals surface area (Å²) in [5.41, 5.74) is 2.73. The smallest absolute Gasteiger partial charge is 0.328 e. The highest BCUT2D eigenvalue weighted by Crippen LogP contribution is 2.26. The van der Waals surface area contributed by atoms with Gasteiger partial charge in [0, 0.05) is 17.6 Å². The lowest BCUT2D eigenvalue weighted by molar-refractivity contribution is -0.131. The quantitative estimate of drug-likeness (QED) is 0.867. The third-order valence-electron chi connectivity index (χ3n) is 2.82. The first kappa shape index (κ1) is 12.6. The molecule has 94 valence electrons. The molecular formula is C13H13ClN2O2. The van der Waals surface area contributed by atoms with E-state index in [1.54, 1.807) is 6.07 Å². The summed E-state index contributed by atoms with van der Waals surface area (Å²) in [7, 11) is 0. The van der Waals surface area contributed by atoms with Crippen LogP contribution in [0.25, 0.3) is 17.1 Å². The Morgan fingerprint density at radius 3 is 2.89 bits per heavy atom. The molecule has 0 amide bonds. The molecule has 1 N–H and O–H groups in total. The maximum Gasteiger partial charge on any atom is 0.328 e. The maximum atomic E-state index is 10.6. The van der Waals surface area contributed by atoms with Crippen LogP contribution in [-0.2, 0) is 11.3 Å². The van der Waals surface area contributed by atoms with Gasteiger partial charge in [-0.05, 0) is 37.6 Å². The van der Waals surface area contributed by atoms with Crippen LogP contribution in [0, 0.1) is 6.92 Å². The van der Waals surface area contributed by atoms with E-state index >= 15 is 0 Å². The number of aryl methyl sites for hydroxylation is 2. The molecule has 0 aliphatic carbocycles. The zero-order valence-corrected chi connectivity index (χ0v) is 10.9. The molecule has 0 atom stereocenters. The largest absolute Gasteiger partial charge is 0.478 e. The second kappa shape index (κ2) is 4.82. The minimum Gasteiger partial charge on any atom is -0.478 e. The van der Waals surface area contributed by atoms with Crippen LogP contribution in [0.2, 0.25) is 5.02 Å². The fraction of sp³-hybridized carbons (Fsp3) is 0.231. The molecule has 2 rings (SSSR count). The van der Waals surface area contributed by atoms with Crippen LogP contribution in [0.15, 0.2) is 18.2 Å². The molecule has 0 unspecified atom stereocenters. The Morgan fingerprint density at radius 2 is 2.28 bits per heavy atom. The number of benzene rings is 1. The zero-order valence-electron chi connectivity index (χ0n) is 10.1. The predicted molar refractivity (Wildman–Crippen MR) is 71.8 cm³/mol. The molecule has 0 bridgehead atoms. The van der Waals surface area contributed by atoms with Crippen molar-refractivity contribution in [1.29, 1.82) is 0 Å². The van der Waals surface area contributed by atoms with Gasteiger partial charge in [-0.25, -0.2) is 9.78 Å². The summed E-state index contributed by atoms with van der Waals surface area (Å²) in [6.45, 7) is 4.62. The Kier molecular flexibility index (Phi) is 3.39. The third-order valence-corrected chi connectivity index (χ3v) is 3.23. The number of carboxylic acid groups (broad SMARTS) is 1. The standard InChI is InChI=1S/C13H13ClN2O2/c1-3-16-11(6-7-12(17)18)15-10-5-4-9(14)8(2)13(10)16/h4-7H,3H2,1-2H3,(H,17,18)/b7-6+. The molecule has 0 saturated heterocycles. The highest BCUT2D eigenvalue weighted by atomic mass is 35.5. The first-order valence-corrected chi connectivity index (χ1v) is 5.98. The van der Waals surface area contributed by atoms with Crippen molar-refractivity contribution in [2.24, 2.45) is 0 Å². The van der Waals surface area contributed by atoms with Gasteiger partial charge in [0.2, 0.25) is 0 Å². The summed E-state index contributed by atoms with van der Waals surface area (Å²) in [4.78, 5) is 15.0. The molecule has 1 aromatic heterocycles. The van der Waals surface area contributed by atoms with Crippen LogP contribution in [0.5, 0.6) is 0 Å². The number of nitrogens with zero attached hydrogens (tertiary/aromatic N) is 2. The van der Waals surface area contributed by atoms with Crippen molar-refractivity contribution in [3.63, 3.8) is 0 Å². The number of hydrogen-bond donors (Lipinski definition) is 1. The van der Waals surface area contributed by atoms with Gasteiger partial charge in [0.05, 0.1) is 11.0 Å². The van der Waals surface area contributed by atoms with Crippen molar-refractivity contribution in [2.45, 2.75) is 20.4 Å². The van der Waals surface area contributed by atoms with Crippen LogP contribution < -0.4 is 0 Å². The van der Waals surface area contributed by atoms with Gasteiger partial charge in [-0.3, -0.25) is 0 Å². The van der Waals surface area contributed by atoms with Gasteiger partial charge in [0.1, 0.15) is 5.82 Å². The Bertz CT molecular complexity index is 644. The number of imidazole rings is 1. The Balaban J connectivity index is 2.69. The van der Waals surface area contributed by atoms with E-state index in [0.29, 0.717) is 17.4 Å². The second-order valence-electron chi connectivity index (χ2n) is 3.93. The minimum atomic E-state index is -0.987. The van der Waals surface area contributed by atoms with Crippen molar-refractivity contribution in [2.75, 3.05) is 0 Å². The number of rotatable bonds is 3. The molecule has 0 fully saturated rings. The lowest BCUT2D eigenvalue weighted by Crippen LogP contribution is -1.99. The van der Waals surface area contributed by atoms with E-state index in [0.717, 1.165) is 22.7 Å². The van der Waals surface area contributed by atoms with Gasteiger partial charge in [-0.2, -0.15) is 0 Å². The highest BCUT2D eigenvalue weighted by molar-refractivity contribution is 6.32. The average Bonchev–Trinajstić information content (AvgIpc) is 2.69. The average molecular weight is 265 g/mol. The number of fused-ring (bicyclic) bond motifs is 1. The van der Waals surface area contributed by atoms with Crippen molar-refractivity contribution in [3.8, 4) is 0 Å². The Morgan fingerprint density at radius 1 is 1.56 bits per heavy atom. The summed E-state index contributed by atoms with van der Waals surface area (Å²) in [5, 5.41) is 9.35. The predicted octanol–water partition coefficient (Wildman–Crippen LogP) is 3.12. The molecule has 0 aliphatic heterocycles. The third kappa shape index (κ3) is 2.11. The number of carbonyl (C=O) groups is 1. The van der Waals surface area contributed by atoms with Gasteiger partial charge < -0.3 is 9.67 Å². The molecular weight excluding hydrogens is 252 g/mol. The normalized spacial score (nSPS) is 11.5. The molecule has 18 heavy (non-hydrogen) atoms. The first-order valence-electron chi connectivity index (χ1n) is 5.61. The van der Waals surface area contributed by atoms with Crippen molar-refractivity contribution in [3.05, 3.63) is 34.6 Å². The highest BCUT2D eigenvalue weighted by Gasteiger charge is 2.11. The molecule has 1 heterocycles. The number of aliphatic carboxylic acids is 1. The van der Waals surface area contributed by atoms with E-state index in [4.69, 9.17) is 16.7 Å². The topological polar surface area (TPSA) is 55.1 Å². The lowest BCUT2D eigenvalue weighted by Gasteiger charge is -2.05. The lowest BCUT2D eigenvalue weighted by atomic mass is 10.2. The maximum absolute atomic E-state index is 10.6. The van der Waals surface area contributed by atoms with Gasteiger partial charge in [-0.1, -0.05) is 11.6 Å². The molecule has 4 nitrogen and oxygen atoms in total. The summed E-state index contributed by atoms with van der Waals surface area (Å²) < 4.78 is 1.95. The molecule has 0 aliphatic rings. The van der Waals surface area contributed by atoms with E-state index in [-0.39, 0.29) is 0 Å². The molecule has 0 saturated carbocycles. The van der Waals surface area contributed by atoms with Gasteiger partial charge in [0.25, 0.3) is 0 Å². The summed E-state index contributed by atoms with van der Waals surface area (Å²) in [6, 6.07) is 3.64. The van der Waals surface area contributed by atoms with E-state index in [9.17, 15) is 4.79 Å². The van der Waals surface area contributed by atoms with E-state index in [2.05, 4.69) is 4.98 Å². The van der Waals surface area contributed by atoms with Gasteiger partial charge in [-0.15, -0.1) is 0 Å². The SMILES string of the molecule is CCn1c(/C=C/C(=O)O)nc2ccc(Cl)c(C)c21. The van der Waals surface area contributed by atoms with Crippen LogP contribution >= 0.6 is 11.6 Å². The van der Waals surface area contributed by atoms with Gasteiger partial charge in [0.15, 0.2) is 0 Å². The number of hydrogen-bond acceptors (Lipinski definition) is 2. The summed E-state index contributed by atoms with van der Waals surface area (Å²) >= 11 is 6.10. The molecule has 0 spiro atoms. The van der Waals surface area contributed by atoms with Crippen LogP contribution in [0.3, 0.4) is 0 Å². The summed E-state index contributed by atoms with van der Waals surface area (Å²) in [5.74, 6) is -0.361. The van der Waals surface area contributed by atoms with Crippen molar-refractivity contribution < 1.29 is 9.90 Å². The molecule has 2 aromatic rings. The van der Waals surface area contributed by atoms with Crippen LogP contribution in [0.4, 0.5) is 0 Å². The van der Waals surface area contributed by atoms with Gasteiger partial charge >= 0.3 is 5.97 Å². The molecule has 5 heteroatoms. The van der Waals surface area contributed by atoms with Crippen LogP contribution in [-0.4, -0.2) is 20.6 Å². The Hall–Kier alpha value is -1.81. The van der Waals surface area contributed by atoms with Crippen molar-refractivity contribution >= 4 is 34.7 Å². The monoisotopic (exact) mass is 264 g/mol. The van der Waals surface area contributed by atoms with Crippen molar-refractivity contribution in [1.82, 2.24) is 9.55 Å². The zero-order chi connectivity index (χ0) is 13.3. The second-order valence-corrected chi connectivity index (χ2v) is 4.33. The molecule has 1 aromatic carbocycles. The fourth-order valence-electron chi connectivity index (χ4n) is 1.98. The summed E-state index contributed by atoms with van der Waals surface area (Å²) in [6.07, 6.45) is 2.59. The van der Waals surface area contributed by atoms with Crippen LogP contribution in [0.1, 0.15) is 18.3 Å². The van der Waals surface area contributed by atoms with E-state index in [1.807, 2.05) is 24.5 Å². The fourth-order valence-corrected chi connectivity index (χ4v) is 2.14. The van der Waals surface area contributed by atoms with E-state index in [1.165, 1.54) is 6.08 Å². The number of halogens is 1. The first-order chi connectivity index (χ1) is 8.54. The number of carboxylic acids is 1. The van der Waals surface area contributed by atoms with E-state index < -0.39 is 5.97 Å². The Labute approximate surface area is 110 Å². The molecule has 0 radical (unpaired) electrons.